The fraction of sp³-hybridized carbons (Fsp3) is 0.195. The number of pyridine rings is 3. The molecule has 0 N–H and O–H groups in total. The summed E-state index contributed by atoms with van der Waals surface area (Å²) in [4.78, 5) is 13.9. The molecule has 0 spiro atoms. The molecule has 4 aromatic heterocycles. The first-order chi connectivity index (χ1) is 21.7. The van der Waals surface area contributed by atoms with Crippen molar-refractivity contribution < 1.29 is 24.5 Å². The van der Waals surface area contributed by atoms with E-state index >= 15 is 0 Å². The number of rotatable bonds is 4. The van der Waals surface area contributed by atoms with Crippen molar-refractivity contribution in [3.63, 3.8) is 0 Å². The van der Waals surface area contributed by atoms with E-state index in [1.165, 1.54) is 27.8 Å². The molecule has 233 valence electrons. The van der Waals surface area contributed by atoms with Crippen molar-refractivity contribution in [1.82, 2.24) is 15.0 Å². The van der Waals surface area contributed by atoms with E-state index in [-0.39, 0.29) is 25.5 Å². The van der Waals surface area contributed by atoms with E-state index in [0.717, 1.165) is 51.0 Å². The normalized spacial score (nSPS) is 11.2. The number of fused-ring (bicyclic) bond motifs is 3. The third-order valence-electron chi connectivity index (χ3n) is 8.09. The summed E-state index contributed by atoms with van der Waals surface area (Å²) in [5, 5.41) is 2.06. The molecule has 0 atom stereocenters. The van der Waals surface area contributed by atoms with Crippen LogP contribution in [0.15, 0.2) is 108 Å². The minimum absolute atomic E-state index is 0. The molecule has 7 aromatic rings. The maximum atomic E-state index is 6.20. The average Bonchev–Trinajstić information content (AvgIpc) is 3.41. The van der Waals surface area contributed by atoms with Crippen LogP contribution < -0.4 is 0 Å². The van der Waals surface area contributed by atoms with Crippen molar-refractivity contribution in [3.05, 3.63) is 149 Å². The van der Waals surface area contributed by atoms with Crippen LogP contribution >= 0.6 is 0 Å². The van der Waals surface area contributed by atoms with Gasteiger partial charge in [0.2, 0.25) is 5.71 Å². The van der Waals surface area contributed by atoms with Gasteiger partial charge in [0.05, 0.1) is 5.58 Å². The molecule has 0 aliphatic heterocycles. The maximum absolute atomic E-state index is 6.20. The molecule has 5 heteroatoms. The molecule has 0 bridgehead atoms. The summed E-state index contributed by atoms with van der Waals surface area (Å²) in [6, 6.07) is 37.5. The quantitative estimate of drug-likeness (QED) is 0.167. The third-order valence-corrected chi connectivity index (χ3v) is 8.09. The number of furan rings is 1. The van der Waals surface area contributed by atoms with Crippen LogP contribution in [-0.2, 0) is 31.9 Å². The summed E-state index contributed by atoms with van der Waals surface area (Å²) >= 11 is 0. The Morgan fingerprint density at radius 1 is 0.739 bits per heavy atom. The molecule has 0 amide bonds. The maximum Gasteiger partial charge on any atom is 0.216 e. The van der Waals surface area contributed by atoms with Gasteiger partial charge >= 0.3 is 0 Å². The Morgan fingerprint density at radius 3 is 2.20 bits per heavy atom. The van der Waals surface area contributed by atoms with Gasteiger partial charge in [-0.3, -0.25) is 0 Å². The minimum atomic E-state index is 0. The smallest absolute Gasteiger partial charge is 0.216 e. The first kappa shape index (κ1) is 32.9. The van der Waals surface area contributed by atoms with Gasteiger partial charge in [0.1, 0.15) is 0 Å². The number of benzene rings is 3. The zero-order chi connectivity index (χ0) is 31.6. The van der Waals surface area contributed by atoms with Crippen LogP contribution in [0.25, 0.3) is 44.6 Å². The van der Waals surface area contributed by atoms with Crippen molar-refractivity contribution in [2.75, 3.05) is 0 Å². The second-order valence-electron chi connectivity index (χ2n) is 12.6. The summed E-state index contributed by atoms with van der Waals surface area (Å²) in [6.07, 6.45) is 4.64. The van der Waals surface area contributed by atoms with E-state index in [1.54, 1.807) is 0 Å². The molecule has 46 heavy (non-hydrogen) atoms. The van der Waals surface area contributed by atoms with Gasteiger partial charge in [0, 0.05) is 50.0 Å². The molecule has 1 radical (unpaired) electrons. The molecule has 4 heterocycles. The Morgan fingerprint density at radius 2 is 1.52 bits per heavy atom. The van der Waals surface area contributed by atoms with E-state index in [0.29, 0.717) is 5.71 Å². The summed E-state index contributed by atoms with van der Waals surface area (Å²) in [5.41, 5.74) is 12.5. The minimum Gasteiger partial charge on any atom is -0.486 e. The van der Waals surface area contributed by atoms with Gasteiger partial charge < -0.3 is 14.4 Å². The van der Waals surface area contributed by atoms with E-state index in [9.17, 15) is 0 Å². The van der Waals surface area contributed by atoms with Crippen LogP contribution in [0.5, 0.6) is 0 Å². The summed E-state index contributed by atoms with van der Waals surface area (Å²) in [5.74, 6) is 0. The van der Waals surface area contributed by atoms with Crippen molar-refractivity contribution in [3.8, 4) is 22.5 Å². The van der Waals surface area contributed by atoms with Crippen LogP contribution in [0.1, 0.15) is 54.3 Å². The molecule has 7 rings (SSSR count). The van der Waals surface area contributed by atoms with Crippen molar-refractivity contribution in [1.29, 1.82) is 0 Å². The van der Waals surface area contributed by atoms with Crippen LogP contribution in [0, 0.1) is 32.9 Å². The van der Waals surface area contributed by atoms with E-state index in [4.69, 9.17) is 9.40 Å². The Balaban J connectivity index is 0.000000200. The predicted molar refractivity (Wildman–Crippen MR) is 184 cm³/mol. The van der Waals surface area contributed by atoms with Gasteiger partial charge in [0.15, 0.2) is 0 Å². The van der Waals surface area contributed by atoms with E-state index < -0.39 is 0 Å². The summed E-state index contributed by atoms with van der Waals surface area (Å²) in [6.45, 7) is 12.8. The van der Waals surface area contributed by atoms with Gasteiger partial charge in [-0.2, -0.15) is 0 Å². The first-order valence-corrected chi connectivity index (χ1v) is 15.3. The van der Waals surface area contributed by atoms with Crippen molar-refractivity contribution in [2.45, 2.75) is 53.4 Å². The van der Waals surface area contributed by atoms with Gasteiger partial charge in [-0.25, -0.2) is 4.98 Å². The van der Waals surface area contributed by atoms with E-state index in [2.05, 4.69) is 118 Å². The number of hydrogen-bond donors (Lipinski definition) is 0. The molecule has 0 saturated carbocycles. The molecule has 0 saturated heterocycles. The first-order valence-electron chi connectivity index (χ1n) is 15.3. The Hall–Kier alpha value is -4.44. The SMILES string of the molecule is Cc1c[c-]c(-c2ccc(C(C)(C)C)cn2)cc1.Cc1cnc(-c2[c-]ccc3c2oc2nc(Cc4ccccc4)ccc23)cc1C.[Ir]. The van der Waals surface area contributed by atoms with Crippen LogP contribution in [0.3, 0.4) is 0 Å². The van der Waals surface area contributed by atoms with Gasteiger partial charge in [0.25, 0.3) is 0 Å². The molecule has 0 aliphatic carbocycles. The second-order valence-corrected chi connectivity index (χ2v) is 12.6. The van der Waals surface area contributed by atoms with Crippen LogP contribution in [0.4, 0.5) is 0 Å². The summed E-state index contributed by atoms with van der Waals surface area (Å²) in [7, 11) is 0. The van der Waals surface area contributed by atoms with Crippen LogP contribution in [-0.4, -0.2) is 15.0 Å². The molecule has 4 nitrogen and oxygen atoms in total. The monoisotopic (exact) mass is 780 g/mol. The third kappa shape index (κ3) is 7.33. The van der Waals surface area contributed by atoms with Crippen LogP contribution in [0.2, 0.25) is 0 Å². The van der Waals surface area contributed by atoms with Crippen molar-refractivity contribution >= 4 is 22.1 Å². The zero-order valence-corrected chi connectivity index (χ0v) is 29.5. The number of aryl methyl sites for hydroxylation is 3. The van der Waals surface area contributed by atoms with E-state index in [1.807, 2.05) is 48.8 Å². The predicted octanol–water partition coefficient (Wildman–Crippen LogP) is 10.2. The standard InChI is InChI=1S/C25H19N2O.C16H18N.Ir/c1-16-13-23(26-15-17(16)2)22-10-6-9-20-21-12-11-19(27-25(21)28-24(20)22)14-18-7-4-3-5-8-18;1-12-5-7-13(8-6-12)15-10-9-14(11-17-15)16(2,3)4;/h3-9,11-13,15H,14H2,1-2H3;5-7,9-11H,1-4H3;/q2*-1;. The fourth-order valence-electron chi connectivity index (χ4n) is 5.17. The number of nitrogens with zero attached hydrogens (tertiary/aromatic N) is 3. The number of aromatic nitrogens is 3. The van der Waals surface area contributed by atoms with Gasteiger partial charge in [-0.1, -0.05) is 92.7 Å². The Kier molecular flexibility index (Phi) is 9.96. The molecule has 0 unspecified atom stereocenters. The Labute approximate surface area is 285 Å². The molecule has 0 fully saturated rings. The molecule has 0 aliphatic rings. The summed E-state index contributed by atoms with van der Waals surface area (Å²) < 4.78 is 6.20. The largest absolute Gasteiger partial charge is 0.486 e. The molecular formula is C41H37IrN3O-2. The average molecular weight is 780 g/mol. The van der Waals surface area contributed by atoms with Gasteiger partial charge in [-0.05, 0) is 59.5 Å². The zero-order valence-electron chi connectivity index (χ0n) is 27.1. The second kappa shape index (κ2) is 13.9. The topological polar surface area (TPSA) is 51.8 Å². The fourth-order valence-corrected chi connectivity index (χ4v) is 5.17. The number of hydrogen-bond acceptors (Lipinski definition) is 4. The van der Waals surface area contributed by atoms with Gasteiger partial charge in [-0.15, -0.1) is 53.6 Å². The Bertz CT molecular complexity index is 2070. The molecule has 3 aromatic carbocycles. The molecular weight excluding hydrogens is 743 g/mol. The van der Waals surface area contributed by atoms with Crippen molar-refractivity contribution in [2.24, 2.45) is 0 Å².